The molecular weight excluding hydrogens is 1070 g/mol. The fourth-order valence-corrected chi connectivity index (χ4v) is 12.6. The van der Waals surface area contributed by atoms with E-state index in [0.717, 1.165) is 145 Å². The van der Waals surface area contributed by atoms with Gasteiger partial charge in [0.1, 0.15) is 11.6 Å². The minimum atomic E-state index is -0.302. The molecule has 18 heteroatoms. The van der Waals surface area contributed by atoms with Gasteiger partial charge in [-0.15, -0.1) is 0 Å². The Bertz CT molecular complexity index is 3480. The van der Waals surface area contributed by atoms with Crippen LogP contribution in [0.2, 0.25) is 0 Å². The van der Waals surface area contributed by atoms with Crippen LogP contribution in [0.1, 0.15) is 90.2 Å². The molecule has 16 nitrogen and oxygen atoms in total. The zero-order valence-corrected chi connectivity index (χ0v) is 48.6. The first-order valence-corrected chi connectivity index (χ1v) is 29.0. The van der Waals surface area contributed by atoms with E-state index in [1.807, 2.05) is 144 Å². The molecule has 4 aromatic carbocycles. The van der Waals surface area contributed by atoms with Crippen molar-refractivity contribution >= 4 is 74.0 Å². The van der Waals surface area contributed by atoms with E-state index >= 15 is 0 Å². The smallest absolute Gasteiger partial charge is 0.399 e. The molecule has 9 heterocycles. The molecule has 414 valence electrons. The highest BCUT2D eigenvalue weighted by molar-refractivity contribution is 9.10. The van der Waals surface area contributed by atoms with Gasteiger partial charge in [0.25, 0.3) is 0 Å². The van der Waals surface area contributed by atoms with Gasteiger partial charge in [-0.2, -0.15) is 10.2 Å². The third-order valence-electron chi connectivity index (χ3n) is 17.6. The number of aromatic nitrogens is 8. The zero-order valence-electron chi connectivity index (χ0n) is 47.0. The van der Waals surface area contributed by atoms with Gasteiger partial charge in [-0.05, 0) is 126 Å². The third kappa shape index (κ3) is 11.5. The van der Waals surface area contributed by atoms with Gasteiger partial charge in [-0.3, -0.25) is 28.9 Å². The molecule has 0 aliphatic carbocycles. The summed E-state index contributed by atoms with van der Waals surface area (Å²) in [6.07, 6.45) is 18.9. The largest absolute Gasteiger partial charge is 0.498 e. The quantitative estimate of drug-likeness (QED) is 0.133. The SMILES string of the molecule is Cn1cc(-c2ccccc2CN2CCCC3(CCN(c4cnc5ccccc5n4)CC3)C2=O)cn1.Cn1cc(B2OC(C)(C)C(C)(C)O2)cn1.O=C1N(Cc2ccccc2Br)CCCC12CCN(c1cnc3ccccc3n1)CC2. The minimum Gasteiger partial charge on any atom is -0.399 e. The summed E-state index contributed by atoms with van der Waals surface area (Å²) >= 11 is 3.62. The van der Waals surface area contributed by atoms with Crippen molar-refractivity contribution in [3.8, 4) is 11.1 Å². The normalized spacial score (nSPS) is 19.3. The summed E-state index contributed by atoms with van der Waals surface area (Å²) in [5.41, 5.74) is 8.17. The molecule has 0 radical (unpaired) electrons. The molecular formula is C62H72BBrN12O4. The average molecular weight is 1140 g/mol. The number of rotatable bonds is 8. The van der Waals surface area contributed by atoms with Gasteiger partial charge in [0.15, 0.2) is 0 Å². The standard InChI is InChI=1S/C28H30N6O.C24H25BrN4O.C10H17BN2O2/c1-32-19-22(17-30-32)23-8-3-2-7-21(23)20-34-14-6-11-28(27(34)35)12-15-33(16-13-28)26-18-29-24-9-4-5-10-25(24)31-26;25-19-7-2-1-6-18(19)17-29-13-5-10-24(23(29)30)11-14-28(15-12-24)22-16-26-20-8-3-4-9-21(20)27-22;1-9(2)10(3,4)15-11(14-9)8-6-12-13(5)7-8/h2-5,7-10,17-19H,6,11-16,20H2,1H3;1-4,6-9,16H,5,10-15,17H2;6-7H,1-5H3. The number of hydrogen-bond donors (Lipinski definition) is 0. The Morgan fingerprint density at radius 3 is 1.46 bits per heavy atom. The van der Waals surface area contributed by atoms with Crippen LogP contribution in [-0.4, -0.2) is 119 Å². The molecule has 80 heavy (non-hydrogen) atoms. The molecule has 8 aromatic rings. The Morgan fingerprint density at radius 1 is 0.525 bits per heavy atom. The van der Waals surface area contributed by atoms with Gasteiger partial charge in [-0.25, -0.2) is 9.97 Å². The number of nitrogens with zero attached hydrogens (tertiary/aromatic N) is 12. The van der Waals surface area contributed by atoms with Crippen LogP contribution in [0.3, 0.4) is 0 Å². The second kappa shape index (κ2) is 22.9. The van der Waals surface area contributed by atoms with E-state index in [-0.39, 0.29) is 29.2 Å². The van der Waals surface area contributed by atoms with Gasteiger partial charge < -0.3 is 28.9 Å². The van der Waals surface area contributed by atoms with Gasteiger partial charge >= 0.3 is 7.12 Å². The van der Waals surface area contributed by atoms with Gasteiger partial charge in [0, 0.05) is 101 Å². The maximum atomic E-state index is 13.8. The maximum Gasteiger partial charge on any atom is 0.498 e. The van der Waals surface area contributed by atoms with E-state index < -0.39 is 0 Å². The number of carbonyl (C=O) groups is 2. The highest BCUT2D eigenvalue weighted by Gasteiger charge is 2.52. The molecule has 0 unspecified atom stereocenters. The molecule has 4 aromatic heterocycles. The Hall–Kier alpha value is -7.02. The summed E-state index contributed by atoms with van der Waals surface area (Å²) in [4.78, 5) is 54.8. The van der Waals surface area contributed by atoms with Crippen molar-refractivity contribution in [1.29, 1.82) is 0 Å². The predicted molar refractivity (Wildman–Crippen MR) is 318 cm³/mol. The van der Waals surface area contributed by atoms with Crippen molar-refractivity contribution in [3.05, 3.63) is 150 Å². The molecule has 5 aliphatic rings. The van der Waals surface area contributed by atoms with Crippen LogP contribution in [0.25, 0.3) is 33.2 Å². The Balaban J connectivity index is 0.000000136. The van der Waals surface area contributed by atoms with Crippen LogP contribution >= 0.6 is 15.9 Å². The van der Waals surface area contributed by atoms with Crippen molar-refractivity contribution in [3.63, 3.8) is 0 Å². The first kappa shape index (κ1) is 54.9. The molecule has 13 rings (SSSR count). The van der Waals surface area contributed by atoms with Crippen molar-refractivity contribution in [1.82, 2.24) is 49.3 Å². The van der Waals surface area contributed by atoms with Crippen LogP contribution in [0.15, 0.2) is 139 Å². The van der Waals surface area contributed by atoms with E-state index in [0.29, 0.717) is 24.9 Å². The number of halogens is 1. The number of piperidine rings is 4. The topological polar surface area (TPSA) is 153 Å². The van der Waals surface area contributed by atoms with Crippen molar-refractivity contribution in [2.24, 2.45) is 24.9 Å². The average Bonchev–Trinajstić information content (AvgIpc) is 4.18. The Labute approximate surface area is 478 Å². The number of aryl methyl sites for hydroxylation is 2. The number of para-hydroxylation sites is 4. The predicted octanol–water partition coefficient (Wildman–Crippen LogP) is 9.96. The summed E-state index contributed by atoms with van der Waals surface area (Å²) in [6, 6.07) is 32.5. The summed E-state index contributed by atoms with van der Waals surface area (Å²) in [5, 5.41) is 8.45. The Morgan fingerprint density at radius 2 is 0.975 bits per heavy atom. The number of hydrogen-bond acceptors (Lipinski definition) is 12. The number of carbonyl (C=O) groups excluding carboxylic acids is 2. The highest BCUT2D eigenvalue weighted by atomic mass is 79.9. The molecule has 5 fully saturated rings. The number of benzene rings is 4. The fourth-order valence-electron chi connectivity index (χ4n) is 12.1. The molecule has 0 saturated carbocycles. The van der Waals surface area contributed by atoms with Crippen molar-refractivity contribution < 1.29 is 18.9 Å². The van der Waals surface area contributed by atoms with E-state index in [9.17, 15) is 9.59 Å². The molecule has 0 bridgehead atoms. The minimum absolute atomic E-state index is 0.222. The molecule has 5 saturated heterocycles. The number of fused-ring (bicyclic) bond motifs is 2. The van der Waals surface area contributed by atoms with Crippen LogP contribution in [0, 0.1) is 10.8 Å². The lowest BCUT2D eigenvalue weighted by molar-refractivity contribution is -0.149. The lowest BCUT2D eigenvalue weighted by Gasteiger charge is -2.46. The van der Waals surface area contributed by atoms with E-state index in [4.69, 9.17) is 19.3 Å². The number of anilines is 2. The van der Waals surface area contributed by atoms with Crippen LogP contribution < -0.4 is 15.3 Å². The Kier molecular flexibility index (Phi) is 15.7. The first-order chi connectivity index (χ1) is 38.6. The first-order valence-electron chi connectivity index (χ1n) is 28.2. The van der Waals surface area contributed by atoms with Crippen molar-refractivity contribution in [2.45, 2.75) is 103 Å². The summed E-state index contributed by atoms with van der Waals surface area (Å²) in [7, 11) is 3.51. The van der Waals surface area contributed by atoms with Gasteiger partial charge in [-0.1, -0.05) is 82.7 Å². The summed E-state index contributed by atoms with van der Waals surface area (Å²) < 4.78 is 16.4. The van der Waals surface area contributed by atoms with Gasteiger partial charge in [0.05, 0.1) is 62.7 Å². The lowest BCUT2D eigenvalue weighted by atomic mass is 9.71. The fraction of sp³-hybridized carbons (Fsp3) is 0.419. The van der Waals surface area contributed by atoms with E-state index in [1.165, 1.54) is 11.1 Å². The second-order valence-electron chi connectivity index (χ2n) is 23.3. The highest BCUT2D eigenvalue weighted by Crippen LogP contribution is 2.44. The van der Waals surface area contributed by atoms with E-state index in [1.54, 1.807) is 10.9 Å². The molecule has 0 N–H and O–H groups in total. The number of likely N-dealkylation sites (tertiary alicyclic amines) is 2. The molecule has 5 aliphatic heterocycles. The molecule has 2 amide bonds. The van der Waals surface area contributed by atoms with Crippen LogP contribution in [-0.2, 0) is 46.1 Å². The van der Waals surface area contributed by atoms with Crippen molar-refractivity contribution in [2.75, 3.05) is 49.1 Å². The van der Waals surface area contributed by atoms with Crippen LogP contribution in [0.4, 0.5) is 11.6 Å². The summed E-state index contributed by atoms with van der Waals surface area (Å²) in [5.74, 6) is 2.46. The maximum absolute atomic E-state index is 13.8. The molecule has 0 atom stereocenters. The lowest BCUT2D eigenvalue weighted by Crippen LogP contribution is -2.53. The summed E-state index contributed by atoms with van der Waals surface area (Å²) in [6.45, 7) is 14.5. The van der Waals surface area contributed by atoms with Crippen LogP contribution in [0.5, 0.6) is 0 Å². The third-order valence-corrected chi connectivity index (χ3v) is 18.3. The van der Waals surface area contributed by atoms with Gasteiger partial charge in [0.2, 0.25) is 11.8 Å². The van der Waals surface area contributed by atoms with E-state index in [2.05, 4.69) is 86.0 Å². The molecule has 2 spiro atoms. The zero-order chi connectivity index (χ0) is 55.7. The second-order valence-corrected chi connectivity index (χ2v) is 24.2. The monoisotopic (exact) mass is 1140 g/mol. The number of amides is 2.